The fraction of sp³-hybridized carbons (Fsp3) is 0.0357. The lowest BCUT2D eigenvalue weighted by molar-refractivity contribution is 0.0995. The predicted octanol–water partition coefficient (Wildman–Crippen LogP) is 5.70. The monoisotopic (exact) mass is 462 g/mol. The summed E-state index contributed by atoms with van der Waals surface area (Å²) in [7, 11) is 0. The van der Waals surface area contributed by atoms with Crippen LogP contribution in [-0.4, -0.2) is 21.6 Å². The Bertz CT molecular complexity index is 1440. The molecular weight excluding hydrogens is 440 g/mol. The number of carbonyl (C=O) groups is 2. The Morgan fingerprint density at radius 2 is 1.46 bits per heavy atom. The summed E-state index contributed by atoms with van der Waals surface area (Å²) in [5.41, 5.74) is 4.07. The number of nitrogens with one attached hydrogen (secondary N) is 2. The summed E-state index contributed by atoms with van der Waals surface area (Å²) in [4.78, 5) is 25.6. The number of hydrogen-bond donors (Lipinski definition) is 2. The maximum absolute atomic E-state index is 13.3. The standard InChI is InChI=1S/C28H22N4O3/c33-27(29-22-13-7-14-23(17-22)30-28(34)25-15-8-16-35-25)24-19-32(18-20-9-3-1-4-10-20)31-26(24)21-11-5-2-6-12-21/h1-17,19H,18H2,(H,29,33)(H,30,34). The number of rotatable bonds is 7. The minimum atomic E-state index is -0.368. The third kappa shape index (κ3) is 5.20. The number of aromatic nitrogens is 2. The van der Waals surface area contributed by atoms with Crippen LogP contribution in [0.4, 0.5) is 11.4 Å². The molecule has 0 fully saturated rings. The van der Waals surface area contributed by atoms with Crippen molar-refractivity contribution in [1.29, 1.82) is 0 Å². The second kappa shape index (κ2) is 9.93. The summed E-state index contributed by atoms with van der Waals surface area (Å²) >= 11 is 0. The first kappa shape index (κ1) is 21.9. The maximum Gasteiger partial charge on any atom is 0.291 e. The molecule has 0 saturated heterocycles. The van der Waals surface area contributed by atoms with Gasteiger partial charge in [-0.1, -0.05) is 66.7 Å². The molecule has 0 aliphatic carbocycles. The van der Waals surface area contributed by atoms with Crippen LogP contribution < -0.4 is 10.6 Å². The average Bonchev–Trinajstić information content (AvgIpc) is 3.56. The van der Waals surface area contributed by atoms with Gasteiger partial charge >= 0.3 is 0 Å². The number of hydrogen-bond acceptors (Lipinski definition) is 4. The van der Waals surface area contributed by atoms with Crippen molar-refractivity contribution in [2.75, 3.05) is 10.6 Å². The van der Waals surface area contributed by atoms with Gasteiger partial charge in [0, 0.05) is 23.1 Å². The summed E-state index contributed by atoms with van der Waals surface area (Å²) in [5.74, 6) is -0.456. The van der Waals surface area contributed by atoms with Gasteiger partial charge in [-0.3, -0.25) is 14.3 Å². The molecule has 35 heavy (non-hydrogen) atoms. The topological polar surface area (TPSA) is 89.2 Å². The van der Waals surface area contributed by atoms with E-state index in [9.17, 15) is 9.59 Å². The minimum Gasteiger partial charge on any atom is -0.459 e. The Kier molecular flexibility index (Phi) is 6.21. The van der Waals surface area contributed by atoms with Gasteiger partial charge in [-0.15, -0.1) is 0 Å². The van der Waals surface area contributed by atoms with Crippen molar-refractivity contribution in [3.8, 4) is 11.3 Å². The number of amides is 2. The smallest absolute Gasteiger partial charge is 0.291 e. The van der Waals surface area contributed by atoms with E-state index in [1.807, 2.05) is 60.7 Å². The summed E-state index contributed by atoms with van der Waals surface area (Å²) < 4.78 is 6.90. The molecule has 7 heteroatoms. The molecule has 0 unspecified atom stereocenters. The normalized spacial score (nSPS) is 10.6. The number of benzene rings is 3. The first-order valence-electron chi connectivity index (χ1n) is 11.1. The highest BCUT2D eigenvalue weighted by Crippen LogP contribution is 2.24. The molecule has 172 valence electrons. The summed E-state index contributed by atoms with van der Waals surface area (Å²) in [5, 5.41) is 10.4. The van der Waals surface area contributed by atoms with Gasteiger partial charge < -0.3 is 15.1 Å². The van der Waals surface area contributed by atoms with E-state index in [1.54, 1.807) is 47.3 Å². The lowest BCUT2D eigenvalue weighted by Crippen LogP contribution is -2.14. The predicted molar refractivity (Wildman–Crippen MR) is 134 cm³/mol. The summed E-state index contributed by atoms with van der Waals surface area (Å²) in [6.45, 7) is 0.544. The van der Waals surface area contributed by atoms with Crippen LogP contribution in [0.25, 0.3) is 11.3 Å². The Morgan fingerprint density at radius 3 is 2.14 bits per heavy atom. The lowest BCUT2D eigenvalue weighted by Gasteiger charge is -2.08. The Hall–Kier alpha value is -4.91. The van der Waals surface area contributed by atoms with Crippen molar-refractivity contribution < 1.29 is 14.0 Å². The molecule has 5 aromatic rings. The lowest BCUT2D eigenvalue weighted by atomic mass is 10.1. The molecule has 2 aromatic heterocycles. The van der Waals surface area contributed by atoms with Crippen LogP contribution in [0, 0.1) is 0 Å². The van der Waals surface area contributed by atoms with E-state index in [2.05, 4.69) is 10.6 Å². The van der Waals surface area contributed by atoms with E-state index < -0.39 is 0 Å². The highest BCUT2D eigenvalue weighted by Gasteiger charge is 2.19. The van der Waals surface area contributed by atoms with E-state index in [1.165, 1.54) is 6.26 Å². The minimum absolute atomic E-state index is 0.206. The van der Waals surface area contributed by atoms with Crippen LogP contribution in [0.5, 0.6) is 0 Å². The number of anilines is 2. The summed E-state index contributed by atoms with van der Waals surface area (Å²) in [6, 6.07) is 29.7. The van der Waals surface area contributed by atoms with Gasteiger partial charge in [-0.25, -0.2) is 0 Å². The van der Waals surface area contributed by atoms with Gasteiger partial charge in [0.1, 0.15) is 5.69 Å². The SMILES string of the molecule is O=C(Nc1cccc(NC(=O)c2cn(Cc3ccccc3)nc2-c2ccccc2)c1)c1ccco1. The fourth-order valence-corrected chi connectivity index (χ4v) is 3.72. The molecule has 7 nitrogen and oxygen atoms in total. The molecule has 2 N–H and O–H groups in total. The van der Waals surface area contributed by atoms with Gasteiger partial charge in [-0.05, 0) is 35.9 Å². The molecular formula is C28H22N4O3. The van der Waals surface area contributed by atoms with Crippen molar-refractivity contribution >= 4 is 23.2 Å². The third-order valence-electron chi connectivity index (χ3n) is 5.36. The molecule has 0 bridgehead atoms. The molecule has 0 spiro atoms. The number of nitrogens with zero attached hydrogens (tertiary/aromatic N) is 2. The van der Waals surface area contributed by atoms with Crippen molar-refractivity contribution in [3.63, 3.8) is 0 Å². The second-order valence-electron chi connectivity index (χ2n) is 7.91. The molecule has 0 radical (unpaired) electrons. The van der Waals surface area contributed by atoms with Gasteiger partial charge in [0.25, 0.3) is 11.8 Å². The first-order chi connectivity index (χ1) is 17.2. The van der Waals surface area contributed by atoms with Crippen LogP contribution in [0.15, 0.2) is 114 Å². The molecule has 0 saturated carbocycles. The molecule has 5 rings (SSSR count). The van der Waals surface area contributed by atoms with Gasteiger partial charge in [-0.2, -0.15) is 5.10 Å². The van der Waals surface area contributed by atoms with Crippen molar-refractivity contribution in [1.82, 2.24) is 9.78 Å². The number of furan rings is 1. The van der Waals surface area contributed by atoms with Gasteiger partial charge in [0.05, 0.1) is 18.4 Å². The summed E-state index contributed by atoms with van der Waals surface area (Å²) in [6.07, 6.45) is 3.20. The molecule has 2 heterocycles. The molecule has 0 aliphatic rings. The van der Waals surface area contributed by atoms with Gasteiger partial charge in [0.15, 0.2) is 5.76 Å². The van der Waals surface area contributed by atoms with Crippen molar-refractivity contribution in [3.05, 3.63) is 126 Å². The van der Waals surface area contributed by atoms with E-state index in [0.29, 0.717) is 29.2 Å². The zero-order chi connectivity index (χ0) is 24.0. The van der Waals surface area contributed by atoms with E-state index in [4.69, 9.17) is 9.52 Å². The van der Waals surface area contributed by atoms with Crippen LogP contribution in [0.1, 0.15) is 26.5 Å². The van der Waals surface area contributed by atoms with E-state index >= 15 is 0 Å². The van der Waals surface area contributed by atoms with Crippen molar-refractivity contribution in [2.24, 2.45) is 0 Å². The zero-order valence-electron chi connectivity index (χ0n) is 18.7. The van der Waals surface area contributed by atoms with Crippen LogP contribution in [0.3, 0.4) is 0 Å². The Labute approximate surface area is 202 Å². The highest BCUT2D eigenvalue weighted by atomic mass is 16.3. The molecule has 3 aromatic carbocycles. The van der Waals surface area contributed by atoms with Crippen LogP contribution >= 0.6 is 0 Å². The largest absolute Gasteiger partial charge is 0.459 e. The molecule has 0 atom stereocenters. The number of carbonyl (C=O) groups excluding carboxylic acids is 2. The first-order valence-corrected chi connectivity index (χ1v) is 11.1. The molecule has 0 aliphatic heterocycles. The zero-order valence-corrected chi connectivity index (χ0v) is 18.7. The average molecular weight is 463 g/mol. The molecule has 2 amide bonds. The van der Waals surface area contributed by atoms with E-state index in [-0.39, 0.29) is 17.6 Å². The Balaban J connectivity index is 1.39. The highest BCUT2D eigenvalue weighted by molar-refractivity contribution is 6.08. The second-order valence-corrected chi connectivity index (χ2v) is 7.91. The Morgan fingerprint density at radius 1 is 0.771 bits per heavy atom. The quantitative estimate of drug-likeness (QED) is 0.325. The maximum atomic E-state index is 13.3. The van der Waals surface area contributed by atoms with Crippen LogP contribution in [0.2, 0.25) is 0 Å². The van der Waals surface area contributed by atoms with Crippen LogP contribution in [-0.2, 0) is 6.54 Å². The fourth-order valence-electron chi connectivity index (χ4n) is 3.72. The van der Waals surface area contributed by atoms with E-state index in [0.717, 1.165) is 11.1 Å². The van der Waals surface area contributed by atoms with Crippen molar-refractivity contribution in [2.45, 2.75) is 6.54 Å². The van der Waals surface area contributed by atoms with Gasteiger partial charge in [0.2, 0.25) is 0 Å². The third-order valence-corrected chi connectivity index (χ3v) is 5.36.